The Labute approximate surface area is 135 Å². The van der Waals surface area contributed by atoms with Gasteiger partial charge in [0.1, 0.15) is 0 Å². The number of hydrogen-bond acceptors (Lipinski definition) is 4. The molecule has 2 saturated heterocycles. The number of epoxide rings is 2. The van der Waals surface area contributed by atoms with Gasteiger partial charge in [-0.2, -0.15) is 0 Å². The average Bonchev–Trinajstić information content (AvgIpc) is 3.31. The first-order chi connectivity index (χ1) is 10.7. The van der Waals surface area contributed by atoms with Gasteiger partial charge in [0.2, 0.25) is 11.6 Å². The molecule has 2 atom stereocenters. The third kappa shape index (κ3) is 1.66. The second-order valence-corrected chi connectivity index (χ2v) is 8.18. The maximum Gasteiger partial charge on any atom is 0.321 e. The summed E-state index contributed by atoms with van der Waals surface area (Å²) >= 11 is 0. The molecule has 23 heavy (non-hydrogen) atoms. The number of carbonyl (C=O) groups is 2. The van der Waals surface area contributed by atoms with Gasteiger partial charge in [-0.1, -0.05) is 46.0 Å². The van der Waals surface area contributed by atoms with Gasteiger partial charge in [-0.25, -0.2) is 0 Å². The highest BCUT2D eigenvalue weighted by Crippen LogP contribution is 2.81. The van der Waals surface area contributed by atoms with Gasteiger partial charge in [-0.05, 0) is 11.8 Å². The van der Waals surface area contributed by atoms with Crippen LogP contribution in [-0.2, 0) is 19.1 Å². The number of carboxylic acids is 2. The summed E-state index contributed by atoms with van der Waals surface area (Å²) in [6, 6.07) is 0. The second-order valence-electron chi connectivity index (χ2n) is 8.18. The maximum atomic E-state index is 12.2. The summed E-state index contributed by atoms with van der Waals surface area (Å²) in [5, 5.41) is 19.8. The predicted molar refractivity (Wildman–Crippen MR) is 78.4 cm³/mol. The molecule has 4 aliphatic rings. The smallest absolute Gasteiger partial charge is 0.321 e. The molecule has 0 aromatic rings. The highest BCUT2D eigenvalue weighted by atomic mass is 17.0. The van der Waals surface area contributed by atoms with Crippen molar-refractivity contribution in [2.45, 2.75) is 70.4 Å². The molecule has 2 N–H and O–H groups in total. The summed E-state index contributed by atoms with van der Waals surface area (Å²) in [5.74, 6) is -3.79. The molecule has 6 nitrogen and oxygen atoms in total. The van der Waals surface area contributed by atoms with Crippen molar-refractivity contribution in [3.63, 3.8) is 0 Å². The van der Waals surface area contributed by atoms with Gasteiger partial charge in [-0.3, -0.25) is 9.59 Å². The standard InChI is InChI=1S/C17H24O6/c1-10(11-6-4-3-5-7-11)14(2)8-16-17(22-16,23-16)9-15(14,12(18)19)13(20)21/h10-11H,3-9H2,1-2H3,(H,18,19)(H,20,21). The van der Waals surface area contributed by atoms with Crippen LogP contribution >= 0.6 is 0 Å². The van der Waals surface area contributed by atoms with Crippen molar-refractivity contribution in [1.82, 2.24) is 0 Å². The van der Waals surface area contributed by atoms with Crippen LogP contribution in [0.3, 0.4) is 0 Å². The van der Waals surface area contributed by atoms with E-state index in [9.17, 15) is 19.8 Å². The second kappa shape index (κ2) is 4.28. The van der Waals surface area contributed by atoms with Crippen molar-refractivity contribution in [3.05, 3.63) is 0 Å². The molecule has 0 aromatic heterocycles. The molecule has 0 bridgehead atoms. The molecule has 2 heterocycles. The number of carboxylic acid groups (broad SMARTS) is 2. The molecule has 4 rings (SSSR count). The van der Waals surface area contributed by atoms with Crippen molar-refractivity contribution >= 4 is 11.9 Å². The van der Waals surface area contributed by atoms with Gasteiger partial charge in [0.15, 0.2) is 5.41 Å². The van der Waals surface area contributed by atoms with Gasteiger partial charge >= 0.3 is 11.9 Å². The number of aliphatic carboxylic acids is 2. The minimum Gasteiger partial charge on any atom is -0.480 e. The van der Waals surface area contributed by atoms with E-state index in [1.807, 2.05) is 13.8 Å². The molecular weight excluding hydrogens is 300 g/mol. The lowest BCUT2D eigenvalue weighted by Crippen LogP contribution is -2.59. The Kier molecular flexibility index (Phi) is 2.86. The Morgan fingerprint density at radius 1 is 1.00 bits per heavy atom. The van der Waals surface area contributed by atoms with E-state index in [1.165, 1.54) is 6.42 Å². The van der Waals surface area contributed by atoms with E-state index < -0.39 is 34.3 Å². The minimum absolute atomic E-state index is 0.00391. The quantitative estimate of drug-likeness (QED) is 0.609. The van der Waals surface area contributed by atoms with Gasteiger partial charge < -0.3 is 19.7 Å². The Morgan fingerprint density at radius 2 is 1.52 bits per heavy atom. The highest BCUT2D eigenvalue weighted by Gasteiger charge is 2.97. The molecule has 2 aliphatic heterocycles. The fourth-order valence-electron chi connectivity index (χ4n) is 5.52. The fraction of sp³-hybridized carbons (Fsp3) is 0.882. The predicted octanol–water partition coefficient (Wildman–Crippen LogP) is 2.61. The van der Waals surface area contributed by atoms with E-state index >= 15 is 0 Å². The first-order valence-electron chi connectivity index (χ1n) is 8.60. The van der Waals surface area contributed by atoms with Crippen LogP contribution in [-0.4, -0.2) is 33.7 Å². The first-order valence-corrected chi connectivity index (χ1v) is 8.60. The molecule has 4 fully saturated rings. The summed E-state index contributed by atoms with van der Waals surface area (Å²) in [6.45, 7) is 3.86. The molecule has 2 saturated carbocycles. The van der Waals surface area contributed by atoms with Crippen LogP contribution in [0.4, 0.5) is 0 Å². The van der Waals surface area contributed by atoms with Crippen LogP contribution in [0.2, 0.25) is 0 Å². The molecule has 0 radical (unpaired) electrons. The van der Waals surface area contributed by atoms with Crippen molar-refractivity contribution in [1.29, 1.82) is 0 Å². The Balaban J connectivity index is 1.75. The van der Waals surface area contributed by atoms with Crippen molar-refractivity contribution < 1.29 is 29.3 Å². The molecule has 128 valence electrons. The summed E-state index contributed by atoms with van der Waals surface area (Å²) in [4.78, 5) is 24.3. The van der Waals surface area contributed by atoms with Crippen molar-refractivity contribution in [2.75, 3.05) is 0 Å². The first kappa shape index (κ1) is 15.4. The van der Waals surface area contributed by atoms with Crippen LogP contribution in [0, 0.1) is 22.7 Å². The van der Waals surface area contributed by atoms with Gasteiger partial charge in [-0.15, -0.1) is 0 Å². The van der Waals surface area contributed by atoms with Crippen LogP contribution < -0.4 is 0 Å². The van der Waals surface area contributed by atoms with Crippen molar-refractivity contribution in [2.24, 2.45) is 22.7 Å². The van der Waals surface area contributed by atoms with E-state index in [1.54, 1.807) is 0 Å². The normalized spacial score (nSPS) is 45.5. The lowest BCUT2D eigenvalue weighted by Gasteiger charge is -2.50. The van der Waals surface area contributed by atoms with Crippen LogP contribution in [0.15, 0.2) is 0 Å². The lowest BCUT2D eigenvalue weighted by atomic mass is 9.49. The number of hydrogen-bond donors (Lipinski definition) is 2. The zero-order valence-corrected chi connectivity index (χ0v) is 13.6. The third-order valence-electron chi connectivity index (χ3n) is 7.32. The Hall–Kier alpha value is -1.14. The molecule has 0 amide bonds. The maximum absolute atomic E-state index is 12.2. The zero-order chi connectivity index (χ0) is 16.7. The van der Waals surface area contributed by atoms with Crippen LogP contribution in [0.1, 0.15) is 58.8 Å². The molecule has 0 spiro atoms. The summed E-state index contributed by atoms with van der Waals surface area (Å²) < 4.78 is 11.2. The van der Waals surface area contributed by atoms with Gasteiger partial charge in [0.05, 0.1) is 0 Å². The SMILES string of the molecule is CC(C1CCCCC1)C1(C)CC23OC2(CC1(C(=O)O)C(=O)O)O3. The zero-order valence-electron chi connectivity index (χ0n) is 13.6. The molecule has 2 aliphatic carbocycles. The van der Waals surface area contributed by atoms with E-state index in [-0.39, 0.29) is 12.3 Å². The molecular formula is C17H24O6. The van der Waals surface area contributed by atoms with Crippen LogP contribution in [0.5, 0.6) is 0 Å². The highest BCUT2D eigenvalue weighted by molar-refractivity contribution is 6.00. The number of rotatable bonds is 4. The Bertz CT molecular complexity index is 558. The van der Waals surface area contributed by atoms with E-state index in [2.05, 4.69) is 0 Å². The molecule has 2 unspecified atom stereocenters. The minimum atomic E-state index is -1.85. The number of ether oxygens (including phenoxy) is 2. The van der Waals surface area contributed by atoms with E-state index in [0.717, 1.165) is 25.7 Å². The summed E-state index contributed by atoms with van der Waals surface area (Å²) in [7, 11) is 0. The van der Waals surface area contributed by atoms with E-state index in [4.69, 9.17) is 9.47 Å². The third-order valence-corrected chi connectivity index (χ3v) is 7.32. The largest absolute Gasteiger partial charge is 0.480 e. The average molecular weight is 324 g/mol. The molecule has 0 aromatic carbocycles. The van der Waals surface area contributed by atoms with Crippen molar-refractivity contribution in [3.8, 4) is 0 Å². The Morgan fingerprint density at radius 3 is 2.04 bits per heavy atom. The topological polar surface area (TPSA) is 99.7 Å². The molecule has 6 heteroatoms. The van der Waals surface area contributed by atoms with Gasteiger partial charge in [0.25, 0.3) is 0 Å². The monoisotopic (exact) mass is 324 g/mol. The summed E-state index contributed by atoms with van der Waals surface area (Å²) in [5.41, 5.74) is -2.73. The van der Waals surface area contributed by atoms with Crippen LogP contribution in [0.25, 0.3) is 0 Å². The van der Waals surface area contributed by atoms with E-state index in [0.29, 0.717) is 12.3 Å². The fourth-order valence-corrected chi connectivity index (χ4v) is 5.52. The lowest BCUT2D eigenvalue weighted by molar-refractivity contribution is -0.185. The summed E-state index contributed by atoms with van der Waals surface area (Å²) in [6.07, 6.45) is 5.86. The van der Waals surface area contributed by atoms with Gasteiger partial charge in [0, 0.05) is 18.3 Å².